The van der Waals surface area contributed by atoms with Gasteiger partial charge in [-0.2, -0.15) is 10.4 Å². The van der Waals surface area contributed by atoms with Gasteiger partial charge in [0.25, 0.3) is 0 Å². The molecule has 110 valence electrons. The van der Waals surface area contributed by atoms with Gasteiger partial charge in [-0.15, -0.1) is 0 Å². The van der Waals surface area contributed by atoms with Crippen molar-refractivity contribution < 1.29 is 0 Å². The van der Waals surface area contributed by atoms with Crippen molar-refractivity contribution in [3.05, 3.63) is 60.3 Å². The summed E-state index contributed by atoms with van der Waals surface area (Å²) < 4.78 is 1.77. The molecule has 0 aliphatic carbocycles. The summed E-state index contributed by atoms with van der Waals surface area (Å²) in [5.41, 5.74) is 5.07. The fraction of sp³-hybridized carbons (Fsp3) is 0.0588. The number of aromatic nitrogens is 5. The van der Waals surface area contributed by atoms with Crippen LogP contribution in [0.15, 0.2) is 49.2 Å². The van der Waals surface area contributed by atoms with Gasteiger partial charge >= 0.3 is 0 Å². The highest BCUT2D eigenvalue weighted by Crippen LogP contribution is 2.25. The molecule has 0 spiro atoms. The van der Waals surface area contributed by atoms with Gasteiger partial charge in [-0.25, -0.2) is 14.6 Å². The molecule has 4 aromatic rings. The molecule has 6 heteroatoms. The highest BCUT2D eigenvalue weighted by Gasteiger charge is 2.11. The number of hydrogen-bond acceptors (Lipinski definition) is 4. The Morgan fingerprint density at radius 1 is 1.22 bits per heavy atom. The van der Waals surface area contributed by atoms with E-state index in [0.29, 0.717) is 5.56 Å². The first-order valence-corrected chi connectivity index (χ1v) is 7.10. The predicted octanol–water partition coefficient (Wildman–Crippen LogP) is 2.99. The summed E-state index contributed by atoms with van der Waals surface area (Å²) in [5.74, 6) is 0. The van der Waals surface area contributed by atoms with E-state index in [2.05, 4.69) is 26.1 Å². The number of benzene rings is 1. The van der Waals surface area contributed by atoms with Gasteiger partial charge in [0.2, 0.25) is 0 Å². The Hall–Kier alpha value is -3.46. The van der Waals surface area contributed by atoms with Crippen LogP contribution in [0.5, 0.6) is 0 Å². The van der Waals surface area contributed by atoms with Gasteiger partial charge < -0.3 is 4.98 Å². The standard InChI is InChI=1S/C17H12N6/c1-11-2-3-12(7-18)6-15(11)23-9-13(8-22-23)16-14-4-5-19-17(14)21-10-20-16/h2-6,8-10H,1H3,(H,19,20,21). The van der Waals surface area contributed by atoms with E-state index >= 15 is 0 Å². The lowest BCUT2D eigenvalue weighted by Crippen LogP contribution is -1.97. The number of rotatable bonds is 2. The minimum absolute atomic E-state index is 0.609. The van der Waals surface area contributed by atoms with Crippen molar-refractivity contribution in [1.29, 1.82) is 5.26 Å². The first-order valence-electron chi connectivity index (χ1n) is 7.10. The molecule has 1 aromatic carbocycles. The fourth-order valence-corrected chi connectivity index (χ4v) is 2.61. The van der Waals surface area contributed by atoms with Crippen molar-refractivity contribution >= 4 is 11.0 Å². The molecule has 3 aromatic heterocycles. The summed E-state index contributed by atoms with van der Waals surface area (Å²) in [6.07, 6.45) is 7.06. The molecule has 0 saturated carbocycles. The maximum absolute atomic E-state index is 9.08. The number of nitrogens with one attached hydrogen (secondary N) is 1. The van der Waals surface area contributed by atoms with E-state index in [1.165, 1.54) is 6.33 Å². The fourth-order valence-electron chi connectivity index (χ4n) is 2.61. The molecule has 1 N–H and O–H groups in total. The van der Waals surface area contributed by atoms with Gasteiger partial charge in [-0.05, 0) is 30.7 Å². The smallest absolute Gasteiger partial charge is 0.141 e. The normalized spacial score (nSPS) is 10.8. The van der Waals surface area contributed by atoms with E-state index < -0.39 is 0 Å². The first-order chi connectivity index (χ1) is 11.3. The minimum Gasteiger partial charge on any atom is -0.346 e. The van der Waals surface area contributed by atoms with Crippen LogP contribution >= 0.6 is 0 Å². The van der Waals surface area contributed by atoms with Crippen molar-refractivity contribution in [1.82, 2.24) is 24.7 Å². The van der Waals surface area contributed by atoms with Crippen LogP contribution in [0.25, 0.3) is 28.0 Å². The second-order valence-corrected chi connectivity index (χ2v) is 5.25. The lowest BCUT2D eigenvalue weighted by molar-refractivity contribution is 0.872. The van der Waals surface area contributed by atoms with Crippen LogP contribution in [0.2, 0.25) is 0 Å². The Bertz CT molecular complexity index is 1050. The Morgan fingerprint density at radius 3 is 3.00 bits per heavy atom. The van der Waals surface area contributed by atoms with Crippen LogP contribution in [0.4, 0.5) is 0 Å². The second kappa shape index (κ2) is 5.07. The van der Waals surface area contributed by atoms with Gasteiger partial charge in [0.05, 0.1) is 29.2 Å². The van der Waals surface area contributed by atoms with Gasteiger partial charge in [0.15, 0.2) is 0 Å². The molecule has 0 aliphatic rings. The molecule has 0 amide bonds. The zero-order valence-corrected chi connectivity index (χ0v) is 12.4. The highest BCUT2D eigenvalue weighted by atomic mass is 15.3. The van der Waals surface area contributed by atoms with Crippen molar-refractivity contribution in [2.75, 3.05) is 0 Å². The SMILES string of the molecule is Cc1ccc(C#N)cc1-n1cc(-c2ncnc3[nH]ccc23)cn1. The Morgan fingerprint density at radius 2 is 2.13 bits per heavy atom. The van der Waals surface area contributed by atoms with Gasteiger partial charge in [-0.3, -0.25) is 0 Å². The zero-order valence-electron chi connectivity index (χ0n) is 12.4. The van der Waals surface area contributed by atoms with Gasteiger partial charge in [-0.1, -0.05) is 6.07 Å². The van der Waals surface area contributed by atoms with Crippen LogP contribution in [-0.4, -0.2) is 24.7 Å². The number of aryl methyl sites for hydroxylation is 1. The molecular formula is C17H12N6. The predicted molar refractivity (Wildman–Crippen MR) is 85.9 cm³/mol. The molecule has 0 radical (unpaired) electrons. The maximum Gasteiger partial charge on any atom is 0.141 e. The second-order valence-electron chi connectivity index (χ2n) is 5.25. The van der Waals surface area contributed by atoms with E-state index in [1.54, 1.807) is 16.9 Å². The summed E-state index contributed by atoms with van der Waals surface area (Å²) >= 11 is 0. The third-order valence-electron chi connectivity index (χ3n) is 3.80. The molecule has 23 heavy (non-hydrogen) atoms. The Balaban J connectivity index is 1.84. The quantitative estimate of drug-likeness (QED) is 0.617. The summed E-state index contributed by atoms with van der Waals surface area (Å²) in [4.78, 5) is 11.7. The van der Waals surface area contributed by atoms with Crippen LogP contribution in [0.3, 0.4) is 0 Å². The summed E-state index contributed by atoms with van der Waals surface area (Å²) in [6, 6.07) is 9.66. The average molecular weight is 300 g/mol. The molecule has 3 heterocycles. The van der Waals surface area contributed by atoms with Crippen molar-refractivity contribution in [3.63, 3.8) is 0 Å². The zero-order chi connectivity index (χ0) is 15.8. The van der Waals surface area contributed by atoms with Crippen molar-refractivity contribution in [3.8, 4) is 23.0 Å². The molecule has 0 aliphatic heterocycles. The van der Waals surface area contributed by atoms with E-state index in [4.69, 9.17) is 5.26 Å². The molecule has 0 bridgehead atoms. The van der Waals surface area contributed by atoms with Gasteiger partial charge in [0.1, 0.15) is 12.0 Å². The van der Waals surface area contributed by atoms with Crippen LogP contribution in [0.1, 0.15) is 11.1 Å². The Kier molecular flexibility index (Phi) is 2.91. The van der Waals surface area contributed by atoms with Crippen LogP contribution in [-0.2, 0) is 0 Å². The number of hydrogen-bond donors (Lipinski definition) is 1. The lowest BCUT2D eigenvalue weighted by Gasteiger charge is -2.05. The highest BCUT2D eigenvalue weighted by molar-refractivity contribution is 5.90. The van der Waals surface area contributed by atoms with Crippen molar-refractivity contribution in [2.45, 2.75) is 6.92 Å². The molecule has 0 unspecified atom stereocenters. The summed E-state index contributed by atoms with van der Waals surface area (Å²) in [5, 5.41) is 14.5. The third-order valence-corrected chi connectivity index (χ3v) is 3.80. The third kappa shape index (κ3) is 2.15. The summed E-state index contributed by atoms with van der Waals surface area (Å²) in [6.45, 7) is 1.99. The van der Waals surface area contributed by atoms with E-state index in [-0.39, 0.29) is 0 Å². The molecule has 0 saturated heterocycles. The minimum atomic E-state index is 0.609. The lowest BCUT2D eigenvalue weighted by atomic mass is 10.1. The first kappa shape index (κ1) is 13.2. The number of H-pyrrole nitrogens is 1. The monoisotopic (exact) mass is 300 g/mol. The average Bonchev–Trinajstić information content (AvgIpc) is 3.24. The van der Waals surface area contributed by atoms with Crippen molar-refractivity contribution in [2.24, 2.45) is 0 Å². The number of aromatic amines is 1. The maximum atomic E-state index is 9.08. The van der Waals surface area contributed by atoms with Crippen LogP contribution in [0, 0.1) is 18.3 Å². The number of nitriles is 1. The van der Waals surface area contributed by atoms with Crippen LogP contribution < -0.4 is 0 Å². The molecule has 0 atom stereocenters. The molecule has 6 nitrogen and oxygen atoms in total. The molecular weight excluding hydrogens is 288 g/mol. The number of nitrogens with zero attached hydrogens (tertiary/aromatic N) is 5. The molecule has 4 rings (SSSR count). The Labute approximate surface area is 132 Å². The molecule has 0 fully saturated rings. The topological polar surface area (TPSA) is 83.2 Å². The van der Waals surface area contributed by atoms with Gasteiger partial charge in [0, 0.05) is 23.3 Å². The largest absolute Gasteiger partial charge is 0.346 e. The van der Waals surface area contributed by atoms with E-state index in [0.717, 1.165) is 33.5 Å². The summed E-state index contributed by atoms with van der Waals surface area (Å²) in [7, 11) is 0. The van der Waals surface area contributed by atoms with E-state index in [9.17, 15) is 0 Å². The number of fused-ring (bicyclic) bond motifs is 1. The van der Waals surface area contributed by atoms with E-state index in [1.807, 2.05) is 37.5 Å².